The van der Waals surface area contributed by atoms with E-state index in [1.165, 1.54) is 6.33 Å². The summed E-state index contributed by atoms with van der Waals surface area (Å²) in [5, 5.41) is 12.4. The zero-order valence-corrected chi connectivity index (χ0v) is 10.7. The fraction of sp³-hybridized carbons (Fsp3) is 0.333. The number of pyridine rings is 1. The van der Waals surface area contributed by atoms with E-state index in [1.54, 1.807) is 18.3 Å². The molecule has 100 valence electrons. The molecule has 19 heavy (non-hydrogen) atoms. The molecule has 0 aliphatic rings. The van der Waals surface area contributed by atoms with Gasteiger partial charge in [0.2, 0.25) is 0 Å². The maximum Gasteiger partial charge on any atom is 0.251 e. The Hall–Kier alpha value is -2.44. The van der Waals surface area contributed by atoms with Crippen molar-refractivity contribution < 1.29 is 4.79 Å². The van der Waals surface area contributed by atoms with Crippen LogP contribution in [0.4, 0.5) is 5.82 Å². The fourth-order valence-electron chi connectivity index (χ4n) is 1.60. The van der Waals surface area contributed by atoms with Crippen LogP contribution in [0.3, 0.4) is 0 Å². The van der Waals surface area contributed by atoms with Crippen LogP contribution in [0.15, 0.2) is 24.7 Å². The van der Waals surface area contributed by atoms with E-state index in [1.807, 2.05) is 6.92 Å². The Labute approximate surface area is 110 Å². The highest BCUT2D eigenvalue weighted by Crippen LogP contribution is 2.06. The summed E-state index contributed by atoms with van der Waals surface area (Å²) in [7, 11) is 0. The van der Waals surface area contributed by atoms with Crippen molar-refractivity contribution in [2.75, 3.05) is 18.4 Å². The monoisotopic (exact) mass is 260 g/mol. The first-order chi connectivity index (χ1) is 9.29. The van der Waals surface area contributed by atoms with Crippen molar-refractivity contribution in [1.29, 1.82) is 0 Å². The molecule has 1 amide bonds. The number of aromatic nitrogens is 4. The Morgan fingerprint density at radius 3 is 3.05 bits per heavy atom. The normalized spacial score (nSPS) is 10.2. The van der Waals surface area contributed by atoms with Gasteiger partial charge < -0.3 is 10.6 Å². The van der Waals surface area contributed by atoms with Crippen LogP contribution in [0.5, 0.6) is 0 Å². The largest absolute Gasteiger partial charge is 0.370 e. The van der Waals surface area contributed by atoms with Gasteiger partial charge in [-0.05, 0) is 19.1 Å². The number of carbonyl (C=O) groups is 1. The zero-order valence-electron chi connectivity index (χ0n) is 10.7. The third kappa shape index (κ3) is 3.77. The van der Waals surface area contributed by atoms with Crippen molar-refractivity contribution in [3.05, 3.63) is 36.0 Å². The minimum Gasteiger partial charge on any atom is -0.370 e. The van der Waals surface area contributed by atoms with Gasteiger partial charge in [-0.1, -0.05) is 0 Å². The van der Waals surface area contributed by atoms with Crippen molar-refractivity contribution in [1.82, 2.24) is 25.5 Å². The molecule has 0 saturated heterocycles. The second-order valence-electron chi connectivity index (χ2n) is 3.90. The van der Waals surface area contributed by atoms with Crippen molar-refractivity contribution in [3.8, 4) is 0 Å². The SMILES string of the molecule is CCNc1cc(C(=O)NCCc2ncn[nH]2)ccn1. The Kier molecular flexibility index (Phi) is 4.44. The molecule has 0 aliphatic carbocycles. The summed E-state index contributed by atoms with van der Waals surface area (Å²) in [6, 6.07) is 3.41. The Bertz CT molecular complexity index is 525. The first-order valence-corrected chi connectivity index (χ1v) is 6.12. The molecule has 7 nitrogen and oxygen atoms in total. The van der Waals surface area contributed by atoms with Crippen molar-refractivity contribution >= 4 is 11.7 Å². The lowest BCUT2D eigenvalue weighted by molar-refractivity contribution is 0.0954. The molecule has 0 aliphatic heterocycles. The average Bonchev–Trinajstić information content (AvgIpc) is 2.92. The molecular weight excluding hydrogens is 244 g/mol. The molecular formula is C12H16N6O. The van der Waals surface area contributed by atoms with Crippen LogP contribution >= 0.6 is 0 Å². The van der Waals surface area contributed by atoms with Crippen molar-refractivity contribution in [2.24, 2.45) is 0 Å². The number of carbonyl (C=O) groups excluding carboxylic acids is 1. The maximum atomic E-state index is 11.9. The van der Waals surface area contributed by atoms with E-state index >= 15 is 0 Å². The number of H-pyrrole nitrogens is 1. The second kappa shape index (κ2) is 6.48. The van der Waals surface area contributed by atoms with Crippen molar-refractivity contribution in [3.63, 3.8) is 0 Å². The van der Waals surface area contributed by atoms with Gasteiger partial charge >= 0.3 is 0 Å². The predicted molar refractivity (Wildman–Crippen MR) is 70.8 cm³/mol. The lowest BCUT2D eigenvalue weighted by Gasteiger charge is -2.06. The molecule has 0 aromatic carbocycles. The number of hydrogen-bond donors (Lipinski definition) is 3. The molecule has 0 bridgehead atoms. The van der Waals surface area contributed by atoms with Crippen LogP contribution in [0, 0.1) is 0 Å². The quantitative estimate of drug-likeness (QED) is 0.707. The smallest absolute Gasteiger partial charge is 0.251 e. The van der Waals surface area contributed by atoms with E-state index in [9.17, 15) is 4.79 Å². The van der Waals surface area contributed by atoms with Crippen LogP contribution in [-0.2, 0) is 6.42 Å². The lowest BCUT2D eigenvalue weighted by atomic mass is 10.2. The highest BCUT2D eigenvalue weighted by Gasteiger charge is 2.06. The molecule has 0 radical (unpaired) electrons. The summed E-state index contributed by atoms with van der Waals surface area (Å²) in [4.78, 5) is 20.0. The van der Waals surface area contributed by atoms with Gasteiger partial charge in [0.1, 0.15) is 18.0 Å². The molecule has 2 aromatic heterocycles. The topological polar surface area (TPSA) is 95.6 Å². The van der Waals surface area contributed by atoms with Crippen LogP contribution in [-0.4, -0.2) is 39.2 Å². The number of rotatable bonds is 6. The summed E-state index contributed by atoms with van der Waals surface area (Å²) in [5.41, 5.74) is 0.587. The van der Waals surface area contributed by atoms with Crippen LogP contribution in [0.2, 0.25) is 0 Å². The van der Waals surface area contributed by atoms with E-state index in [0.29, 0.717) is 24.3 Å². The van der Waals surface area contributed by atoms with E-state index < -0.39 is 0 Å². The molecule has 2 rings (SSSR count). The zero-order chi connectivity index (χ0) is 13.5. The summed E-state index contributed by atoms with van der Waals surface area (Å²) in [5.74, 6) is 1.33. The molecule has 0 spiro atoms. The van der Waals surface area contributed by atoms with Crippen LogP contribution < -0.4 is 10.6 Å². The molecule has 7 heteroatoms. The maximum absolute atomic E-state index is 11.9. The van der Waals surface area contributed by atoms with Gasteiger partial charge in [-0.3, -0.25) is 9.89 Å². The Balaban J connectivity index is 1.87. The first kappa shape index (κ1) is 13.0. The molecule has 3 N–H and O–H groups in total. The number of nitrogens with one attached hydrogen (secondary N) is 3. The standard InChI is InChI=1S/C12H16N6O/c1-2-13-11-7-9(3-5-14-11)12(19)15-6-4-10-16-8-17-18-10/h3,5,7-8H,2,4,6H2,1H3,(H,13,14)(H,15,19)(H,16,17,18). The average molecular weight is 260 g/mol. The number of nitrogens with zero attached hydrogens (tertiary/aromatic N) is 3. The molecule has 0 fully saturated rings. The summed E-state index contributed by atoms with van der Waals surface area (Å²) in [6.45, 7) is 3.25. The van der Waals surface area contributed by atoms with E-state index in [0.717, 1.165) is 12.4 Å². The second-order valence-corrected chi connectivity index (χ2v) is 3.90. The summed E-state index contributed by atoms with van der Waals surface area (Å²) < 4.78 is 0. The van der Waals surface area contributed by atoms with Crippen LogP contribution in [0.1, 0.15) is 23.1 Å². The lowest BCUT2D eigenvalue weighted by Crippen LogP contribution is -2.26. The molecule has 2 aromatic rings. The van der Waals surface area contributed by atoms with Gasteiger partial charge in [0.25, 0.3) is 5.91 Å². The van der Waals surface area contributed by atoms with E-state index in [2.05, 4.69) is 30.8 Å². The summed E-state index contributed by atoms with van der Waals surface area (Å²) >= 11 is 0. The highest BCUT2D eigenvalue weighted by atomic mass is 16.1. The molecule has 2 heterocycles. The molecule has 0 unspecified atom stereocenters. The van der Waals surface area contributed by atoms with Gasteiger partial charge in [0.05, 0.1) is 0 Å². The third-order valence-corrected chi connectivity index (χ3v) is 2.49. The number of aromatic amines is 1. The van der Waals surface area contributed by atoms with Crippen LogP contribution in [0.25, 0.3) is 0 Å². The Morgan fingerprint density at radius 1 is 1.42 bits per heavy atom. The number of hydrogen-bond acceptors (Lipinski definition) is 5. The summed E-state index contributed by atoms with van der Waals surface area (Å²) in [6.07, 6.45) is 3.68. The third-order valence-electron chi connectivity index (χ3n) is 2.49. The van der Waals surface area contributed by atoms with Crippen molar-refractivity contribution in [2.45, 2.75) is 13.3 Å². The van der Waals surface area contributed by atoms with E-state index in [4.69, 9.17) is 0 Å². The van der Waals surface area contributed by atoms with Gasteiger partial charge in [-0.25, -0.2) is 9.97 Å². The molecule has 0 atom stereocenters. The van der Waals surface area contributed by atoms with Gasteiger partial charge in [-0.2, -0.15) is 5.10 Å². The highest BCUT2D eigenvalue weighted by molar-refractivity contribution is 5.94. The van der Waals surface area contributed by atoms with Gasteiger partial charge in [0, 0.05) is 31.3 Å². The number of anilines is 1. The predicted octanol–water partition coefficient (Wildman–Crippen LogP) is 0.604. The van der Waals surface area contributed by atoms with Gasteiger partial charge in [-0.15, -0.1) is 0 Å². The van der Waals surface area contributed by atoms with Gasteiger partial charge in [0.15, 0.2) is 0 Å². The Morgan fingerprint density at radius 2 is 2.32 bits per heavy atom. The minimum absolute atomic E-state index is 0.124. The fourth-order valence-corrected chi connectivity index (χ4v) is 1.60. The van der Waals surface area contributed by atoms with E-state index in [-0.39, 0.29) is 5.91 Å². The minimum atomic E-state index is -0.124. The number of amides is 1. The molecule has 0 saturated carbocycles. The first-order valence-electron chi connectivity index (χ1n) is 6.12.